The van der Waals surface area contributed by atoms with E-state index in [1.807, 2.05) is 13.8 Å². The molecule has 0 bridgehead atoms. The molecule has 2 aliphatic rings. The second kappa shape index (κ2) is 8.47. The van der Waals surface area contributed by atoms with Crippen molar-refractivity contribution < 1.29 is 31.8 Å². The first-order valence-electron chi connectivity index (χ1n) is 11.1. The Bertz CT molecular complexity index is 691. The summed E-state index contributed by atoms with van der Waals surface area (Å²) in [6, 6.07) is 0. The molecule has 9 heteroatoms. The van der Waals surface area contributed by atoms with E-state index < -0.39 is 58.7 Å². The summed E-state index contributed by atoms with van der Waals surface area (Å²) in [5, 5.41) is -0.258. The van der Waals surface area contributed by atoms with Crippen molar-refractivity contribution in [1.29, 1.82) is 0 Å². The fraction of sp³-hybridized carbons (Fsp3) is 0.909. The van der Waals surface area contributed by atoms with Gasteiger partial charge in [0, 0.05) is 0 Å². The zero-order valence-electron chi connectivity index (χ0n) is 21.3. The van der Waals surface area contributed by atoms with E-state index in [1.165, 1.54) is 0 Å². The van der Waals surface area contributed by atoms with Gasteiger partial charge < -0.3 is 23.1 Å². The average molecular weight is 481 g/mol. The monoisotopic (exact) mass is 480 g/mol. The van der Waals surface area contributed by atoms with Crippen LogP contribution in [0.15, 0.2) is 11.8 Å². The Morgan fingerprint density at radius 2 is 1.42 bits per heavy atom. The Morgan fingerprint density at radius 1 is 0.935 bits per heavy atom. The Morgan fingerprint density at radius 3 is 1.81 bits per heavy atom. The molecule has 2 heterocycles. The molecule has 0 amide bonds. The summed E-state index contributed by atoms with van der Waals surface area (Å²) < 4.78 is 59.0. The van der Waals surface area contributed by atoms with Crippen LogP contribution in [0.1, 0.15) is 55.4 Å². The summed E-state index contributed by atoms with van der Waals surface area (Å²) in [4.78, 5) is 0. The van der Waals surface area contributed by atoms with Gasteiger partial charge in [-0.05, 0) is 50.1 Å². The normalized spacial score (nSPS) is 29.9. The molecule has 4 atom stereocenters. The molecule has 31 heavy (non-hydrogen) atoms. The van der Waals surface area contributed by atoms with Gasteiger partial charge in [0.2, 0.25) is 0 Å². The van der Waals surface area contributed by atoms with E-state index in [0.29, 0.717) is 0 Å². The van der Waals surface area contributed by atoms with Crippen molar-refractivity contribution in [3.05, 3.63) is 11.8 Å². The number of ether oxygens (including phenoxy) is 3. The summed E-state index contributed by atoms with van der Waals surface area (Å²) in [5.74, 6) is -1.22. The zero-order chi connectivity index (χ0) is 24.2. The fourth-order valence-corrected chi connectivity index (χ4v) is 5.70. The topological polar surface area (TPSA) is 46.2 Å². The van der Waals surface area contributed by atoms with E-state index in [0.717, 1.165) is 0 Å². The molecule has 0 N–H and O–H groups in total. The lowest BCUT2D eigenvalue weighted by molar-refractivity contribution is -0.156. The predicted octanol–water partition coefficient (Wildman–Crippen LogP) is 6.43. The highest BCUT2D eigenvalue weighted by molar-refractivity contribution is 6.74. The van der Waals surface area contributed by atoms with Crippen LogP contribution >= 0.6 is 0 Å². The van der Waals surface area contributed by atoms with E-state index in [-0.39, 0.29) is 16.7 Å². The summed E-state index contributed by atoms with van der Waals surface area (Å²) in [5.41, 5.74) is 0. The maximum atomic E-state index is 14.1. The molecular weight excluding hydrogens is 438 g/mol. The molecule has 182 valence electrons. The third kappa shape index (κ3) is 5.79. The Balaban J connectivity index is 2.50. The lowest BCUT2D eigenvalue weighted by Crippen LogP contribution is -2.54. The van der Waals surface area contributed by atoms with E-state index in [2.05, 4.69) is 67.7 Å². The van der Waals surface area contributed by atoms with Gasteiger partial charge in [0.25, 0.3) is 0 Å². The van der Waals surface area contributed by atoms with Crippen LogP contribution < -0.4 is 0 Å². The lowest BCUT2D eigenvalue weighted by atomic mass is 10.1. The second-order valence-corrected chi connectivity index (χ2v) is 21.7. The lowest BCUT2D eigenvalue weighted by Gasteiger charge is -2.43. The molecule has 0 saturated carbocycles. The van der Waals surface area contributed by atoms with Crippen molar-refractivity contribution in [2.24, 2.45) is 0 Å². The standard InChI is InChI=1S/C22H42F2O5Si2/c1-20(2,3)30(9,10)28-16-15(14-13-25-22(7,8)27-14)26-18(19(23)24)17(16)29-31(11,12)21(4,5)6/h14-17H,13H2,1-12H3/t14-,15+,16+,17-/m1/s1. The van der Waals surface area contributed by atoms with Gasteiger partial charge in [0.1, 0.15) is 18.3 Å². The fourth-order valence-electron chi connectivity index (χ4n) is 3.18. The van der Waals surface area contributed by atoms with Crippen LogP contribution in [-0.2, 0) is 23.1 Å². The zero-order valence-corrected chi connectivity index (χ0v) is 23.3. The van der Waals surface area contributed by atoms with Crippen molar-refractivity contribution in [2.75, 3.05) is 6.61 Å². The molecule has 0 aromatic carbocycles. The molecule has 0 radical (unpaired) electrons. The first kappa shape index (κ1) is 26.9. The summed E-state index contributed by atoms with van der Waals surface area (Å²) in [6.07, 6.45) is -4.80. The molecule has 0 aliphatic carbocycles. The molecule has 2 aliphatic heterocycles. The quantitative estimate of drug-likeness (QED) is 0.425. The van der Waals surface area contributed by atoms with Crippen LogP contribution in [0.5, 0.6) is 0 Å². The Labute approximate surface area is 189 Å². The van der Waals surface area contributed by atoms with Gasteiger partial charge in [-0.15, -0.1) is 0 Å². The third-order valence-electron chi connectivity index (χ3n) is 7.19. The number of hydrogen-bond donors (Lipinski definition) is 0. The minimum atomic E-state index is -2.40. The minimum Gasteiger partial charge on any atom is -0.481 e. The number of rotatable bonds is 5. The van der Waals surface area contributed by atoms with Gasteiger partial charge in [0.15, 0.2) is 34.3 Å². The van der Waals surface area contributed by atoms with Crippen molar-refractivity contribution in [3.63, 3.8) is 0 Å². The highest BCUT2D eigenvalue weighted by Crippen LogP contribution is 2.46. The van der Waals surface area contributed by atoms with Gasteiger partial charge in [-0.25, -0.2) is 0 Å². The maximum Gasteiger partial charge on any atom is 0.310 e. The summed E-state index contributed by atoms with van der Waals surface area (Å²) >= 11 is 0. The van der Waals surface area contributed by atoms with Crippen LogP contribution in [0.4, 0.5) is 8.78 Å². The first-order valence-corrected chi connectivity index (χ1v) is 16.9. The van der Waals surface area contributed by atoms with E-state index in [1.54, 1.807) is 0 Å². The van der Waals surface area contributed by atoms with Gasteiger partial charge in [-0.2, -0.15) is 8.78 Å². The molecule has 2 rings (SSSR count). The van der Waals surface area contributed by atoms with Crippen LogP contribution in [0.25, 0.3) is 0 Å². The van der Waals surface area contributed by atoms with Crippen molar-refractivity contribution in [2.45, 2.75) is 122 Å². The van der Waals surface area contributed by atoms with Gasteiger partial charge in [-0.3, -0.25) is 0 Å². The van der Waals surface area contributed by atoms with Crippen molar-refractivity contribution in [3.8, 4) is 0 Å². The van der Waals surface area contributed by atoms with E-state index in [9.17, 15) is 8.78 Å². The SMILES string of the molecule is CC1(C)OC[C@H]([C@@H]2OC(=C(F)F)[C@H](O[Si](C)(C)C(C)(C)C)[C@H]2O[Si](C)(C)C(C)(C)C)O1. The Hall–Kier alpha value is -0.326. The second-order valence-electron chi connectivity index (χ2n) is 12.2. The number of hydrogen-bond acceptors (Lipinski definition) is 5. The van der Waals surface area contributed by atoms with Gasteiger partial charge in [-0.1, -0.05) is 41.5 Å². The van der Waals surface area contributed by atoms with Crippen molar-refractivity contribution >= 4 is 16.6 Å². The maximum absolute atomic E-state index is 14.1. The smallest absolute Gasteiger partial charge is 0.310 e. The third-order valence-corrected chi connectivity index (χ3v) is 16.1. The van der Waals surface area contributed by atoms with Crippen LogP contribution in [-0.4, -0.2) is 53.4 Å². The summed E-state index contributed by atoms with van der Waals surface area (Å²) in [6.45, 7) is 24.8. The Kier molecular flexibility index (Phi) is 7.35. The number of halogens is 2. The van der Waals surface area contributed by atoms with Gasteiger partial charge in [0.05, 0.1) is 6.61 Å². The molecule has 2 fully saturated rings. The highest BCUT2D eigenvalue weighted by atomic mass is 28.4. The molecule has 5 nitrogen and oxygen atoms in total. The minimum absolute atomic E-state index is 0.105. The molecule has 0 unspecified atom stereocenters. The average Bonchev–Trinajstić information content (AvgIpc) is 3.05. The molecule has 2 saturated heterocycles. The molecular formula is C22H42F2O5Si2. The van der Waals surface area contributed by atoms with E-state index >= 15 is 0 Å². The highest BCUT2D eigenvalue weighted by Gasteiger charge is 2.57. The summed E-state index contributed by atoms with van der Waals surface area (Å²) in [7, 11) is -4.74. The van der Waals surface area contributed by atoms with Crippen LogP contribution in [0.2, 0.25) is 36.3 Å². The largest absolute Gasteiger partial charge is 0.481 e. The first-order chi connectivity index (χ1) is 13.7. The van der Waals surface area contributed by atoms with Crippen molar-refractivity contribution in [1.82, 2.24) is 0 Å². The van der Waals surface area contributed by atoms with Crippen LogP contribution in [0, 0.1) is 0 Å². The van der Waals surface area contributed by atoms with E-state index in [4.69, 9.17) is 23.1 Å². The molecule has 0 aromatic heterocycles. The molecule has 0 spiro atoms. The van der Waals surface area contributed by atoms with Gasteiger partial charge >= 0.3 is 6.08 Å². The predicted molar refractivity (Wildman–Crippen MR) is 123 cm³/mol. The van der Waals surface area contributed by atoms with Crippen LogP contribution in [0.3, 0.4) is 0 Å². The molecule has 0 aromatic rings.